The molecule has 0 saturated carbocycles. The number of benzene rings is 1. The molecule has 0 spiro atoms. The van der Waals surface area contributed by atoms with Crippen LogP contribution in [-0.2, 0) is 11.2 Å². The Bertz CT molecular complexity index is 429. The van der Waals surface area contributed by atoms with Crippen molar-refractivity contribution in [3.05, 3.63) is 41.5 Å². The molecule has 0 bridgehead atoms. The summed E-state index contributed by atoms with van der Waals surface area (Å²) in [6, 6.07) is 8.21. The predicted octanol–water partition coefficient (Wildman–Crippen LogP) is 2.48. The number of nitrogens with two attached hydrogens (primary N) is 1. The maximum atomic E-state index is 5.79. The summed E-state index contributed by atoms with van der Waals surface area (Å²) in [7, 11) is 1.76. The molecule has 1 aliphatic heterocycles. The van der Waals surface area contributed by atoms with Gasteiger partial charge < -0.3 is 10.5 Å². The summed E-state index contributed by atoms with van der Waals surface area (Å²) in [5.41, 5.74) is 9.43. The van der Waals surface area contributed by atoms with Gasteiger partial charge in [0.15, 0.2) is 0 Å². The molecular weight excluding hydrogens is 236 g/mol. The van der Waals surface area contributed by atoms with Gasteiger partial charge in [-0.1, -0.05) is 18.2 Å². The van der Waals surface area contributed by atoms with Crippen LogP contribution in [0.5, 0.6) is 0 Å². The molecule has 0 aliphatic carbocycles. The van der Waals surface area contributed by atoms with Gasteiger partial charge in [-0.15, -0.1) is 0 Å². The second-order valence-corrected chi connectivity index (χ2v) is 5.19. The van der Waals surface area contributed by atoms with Gasteiger partial charge in [0.25, 0.3) is 0 Å². The van der Waals surface area contributed by atoms with Crippen molar-refractivity contribution < 1.29 is 4.74 Å². The van der Waals surface area contributed by atoms with Gasteiger partial charge in [-0.25, -0.2) is 0 Å². The number of anilines is 1. The Morgan fingerprint density at radius 1 is 1.37 bits per heavy atom. The molecule has 1 aromatic carbocycles. The molecule has 0 aromatic heterocycles. The van der Waals surface area contributed by atoms with Crippen LogP contribution in [0.2, 0.25) is 0 Å². The molecule has 104 valence electrons. The molecule has 0 saturated heterocycles. The molecule has 1 aromatic rings. The van der Waals surface area contributed by atoms with E-state index in [0.29, 0.717) is 0 Å². The second kappa shape index (κ2) is 7.31. The normalized spacial score (nSPS) is 16.4. The van der Waals surface area contributed by atoms with Crippen molar-refractivity contribution in [2.24, 2.45) is 0 Å². The van der Waals surface area contributed by atoms with E-state index in [0.717, 1.165) is 44.8 Å². The SMILES string of the molecule is COCC1=CCN(CCCc2cccc(N)c2)CC1. The first kappa shape index (κ1) is 14.1. The molecule has 0 amide bonds. The van der Waals surface area contributed by atoms with Crippen LogP contribution in [0.25, 0.3) is 0 Å². The van der Waals surface area contributed by atoms with Gasteiger partial charge in [-0.05, 0) is 49.1 Å². The highest BCUT2D eigenvalue weighted by molar-refractivity contribution is 5.40. The third-order valence-electron chi connectivity index (χ3n) is 3.61. The average Bonchev–Trinajstić information content (AvgIpc) is 2.41. The molecule has 19 heavy (non-hydrogen) atoms. The molecule has 3 heteroatoms. The lowest BCUT2D eigenvalue weighted by Gasteiger charge is -2.26. The van der Waals surface area contributed by atoms with E-state index in [1.54, 1.807) is 7.11 Å². The maximum absolute atomic E-state index is 5.79. The van der Waals surface area contributed by atoms with Crippen LogP contribution < -0.4 is 5.73 Å². The minimum Gasteiger partial charge on any atom is -0.399 e. The molecule has 1 heterocycles. The van der Waals surface area contributed by atoms with Crippen molar-refractivity contribution in [3.63, 3.8) is 0 Å². The Balaban J connectivity index is 1.70. The fraction of sp³-hybridized carbons (Fsp3) is 0.500. The summed E-state index contributed by atoms with van der Waals surface area (Å²) in [5.74, 6) is 0. The maximum Gasteiger partial charge on any atom is 0.0673 e. The molecule has 3 nitrogen and oxygen atoms in total. The number of nitrogen functional groups attached to an aromatic ring is 1. The van der Waals surface area contributed by atoms with E-state index in [4.69, 9.17) is 10.5 Å². The Morgan fingerprint density at radius 2 is 2.26 bits per heavy atom. The van der Waals surface area contributed by atoms with E-state index < -0.39 is 0 Å². The van der Waals surface area contributed by atoms with Crippen LogP contribution in [-0.4, -0.2) is 38.3 Å². The van der Waals surface area contributed by atoms with Crippen molar-refractivity contribution in [3.8, 4) is 0 Å². The molecule has 0 fully saturated rings. The number of ether oxygens (including phenoxy) is 1. The number of rotatable bonds is 6. The van der Waals surface area contributed by atoms with Crippen LogP contribution in [0.1, 0.15) is 18.4 Å². The Kier molecular flexibility index (Phi) is 5.43. The highest BCUT2D eigenvalue weighted by Gasteiger charge is 2.10. The van der Waals surface area contributed by atoms with Crippen LogP contribution in [0.3, 0.4) is 0 Å². The highest BCUT2D eigenvalue weighted by atomic mass is 16.5. The molecule has 0 radical (unpaired) electrons. The number of hydrogen-bond donors (Lipinski definition) is 1. The summed E-state index contributed by atoms with van der Waals surface area (Å²) >= 11 is 0. The van der Waals surface area contributed by atoms with E-state index in [1.807, 2.05) is 12.1 Å². The van der Waals surface area contributed by atoms with Crippen LogP contribution in [0.4, 0.5) is 5.69 Å². The van der Waals surface area contributed by atoms with Gasteiger partial charge in [-0.2, -0.15) is 0 Å². The first-order chi connectivity index (χ1) is 9.28. The van der Waals surface area contributed by atoms with E-state index in [9.17, 15) is 0 Å². The highest BCUT2D eigenvalue weighted by Crippen LogP contribution is 2.13. The number of hydrogen-bond acceptors (Lipinski definition) is 3. The van der Waals surface area contributed by atoms with Crippen molar-refractivity contribution >= 4 is 5.69 Å². The smallest absolute Gasteiger partial charge is 0.0673 e. The summed E-state index contributed by atoms with van der Waals surface area (Å²) in [6.45, 7) is 4.17. The zero-order chi connectivity index (χ0) is 13.5. The molecule has 0 atom stereocenters. The van der Waals surface area contributed by atoms with E-state index in [2.05, 4.69) is 23.1 Å². The Morgan fingerprint density at radius 3 is 2.95 bits per heavy atom. The quantitative estimate of drug-likeness (QED) is 0.631. The summed E-state index contributed by atoms with van der Waals surface area (Å²) in [6.07, 6.45) is 5.76. The summed E-state index contributed by atoms with van der Waals surface area (Å²) < 4.78 is 5.17. The Labute approximate surface area is 116 Å². The largest absolute Gasteiger partial charge is 0.399 e. The number of nitrogens with zero attached hydrogens (tertiary/aromatic N) is 1. The third-order valence-corrected chi connectivity index (χ3v) is 3.61. The lowest BCUT2D eigenvalue weighted by atomic mass is 10.1. The molecule has 1 aliphatic rings. The van der Waals surface area contributed by atoms with Crippen LogP contribution >= 0.6 is 0 Å². The van der Waals surface area contributed by atoms with Crippen molar-refractivity contribution in [1.82, 2.24) is 4.90 Å². The van der Waals surface area contributed by atoms with Gasteiger partial charge in [0.2, 0.25) is 0 Å². The molecule has 0 unspecified atom stereocenters. The van der Waals surface area contributed by atoms with E-state index in [1.165, 1.54) is 17.6 Å². The second-order valence-electron chi connectivity index (χ2n) is 5.19. The third kappa shape index (κ3) is 4.69. The number of methoxy groups -OCH3 is 1. The van der Waals surface area contributed by atoms with E-state index in [-0.39, 0.29) is 0 Å². The van der Waals surface area contributed by atoms with E-state index >= 15 is 0 Å². The topological polar surface area (TPSA) is 38.5 Å². The minimum atomic E-state index is 0.789. The van der Waals surface area contributed by atoms with Gasteiger partial charge in [0.05, 0.1) is 6.61 Å². The standard InChI is InChI=1S/C16H24N2O/c1-19-13-15-7-10-18(11-8-15)9-3-5-14-4-2-6-16(17)12-14/h2,4,6-7,12H,3,5,8-11,13,17H2,1H3. The van der Waals surface area contributed by atoms with Gasteiger partial charge in [-0.3, -0.25) is 4.90 Å². The minimum absolute atomic E-state index is 0.789. The van der Waals surface area contributed by atoms with Crippen molar-refractivity contribution in [2.45, 2.75) is 19.3 Å². The van der Waals surface area contributed by atoms with Gasteiger partial charge in [0, 0.05) is 25.9 Å². The lowest BCUT2D eigenvalue weighted by molar-refractivity contribution is 0.211. The zero-order valence-electron chi connectivity index (χ0n) is 11.8. The van der Waals surface area contributed by atoms with Crippen molar-refractivity contribution in [1.29, 1.82) is 0 Å². The van der Waals surface area contributed by atoms with Crippen molar-refractivity contribution in [2.75, 3.05) is 39.1 Å². The summed E-state index contributed by atoms with van der Waals surface area (Å²) in [5, 5.41) is 0. The van der Waals surface area contributed by atoms with Gasteiger partial charge >= 0.3 is 0 Å². The molecule has 2 rings (SSSR count). The fourth-order valence-corrected chi connectivity index (χ4v) is 2.53. The summed E-state index contributed by atoms with van der Waals surface area (Å²) in [4.78, 5) is 2.51. The predicted molar refractivity (Wildman–Crippen MR) is 80.2 cm³/mol. The van der Waals surface area contributed by atoms with Gasteiger partial charge in [0.1, 0.15) is 0 Å². The Hall–Kier alpha value is -1.32. The van der Waals surface area contributed by atoms with Crippen LogP contribution in [0.15, 0.2) is 35.9 Å². The lowest BCUT2D eigenvalue weighted by Crippen LogP contribution is -2.30. The number of aryl methyl sites for hydroxylation is 1. The average molecular weight is 260 g/mol. The monoisotopic (exact) mass is 260 g/mol. The molecule has 2 N–H and O–H groups in total. The first-order valence-corrected chi connectivity index (χ1v) is 7.01. The van der Waals surface area contributed by atoms with Crippen LogP contribution in [0, 0.1) is 0 Å². The molecular formula is C16H24N2O. The fourth-order valence-electron chi connectivity index (χ4n) is 2.53. The first-order valence-electron chi connectivity index (χ1n) is 7.01. The zero-order valence-corrected chi connectivity index (χ0v) is 11.8.